The average molecular weight is 294 g/mol. The van der Waals surface area contributed by atoms with Crippen LogP contribution < -0.4 is 0 Å². The minimum Gasteiger partial charge on any atom is -0.207 e. The summed E-state index contributed by atoms with van der Waals surface area (Å²) in [6, 6.07) is 0. The quantitative estimate of drug-likeness (QED) is 0.465. The van der Waals surface area contributed by atoms with E-state index in [1.807, 2.05) is 52.0 Å². The molecule has 0 atom stereocenters. The SMILES string of the molecule is C/C=C(/F)C=C(C)C.C=C/C=C\C=C\C=C.CC.CCC. The maximum Gasteiger partial charge on any atom is 0.118 e. The van der Waals surface area contributed by atoms with Gasteiger partial charge >= 0.3 is 0 Å². The van der Waals surface area contributed by atoms with Crippen LogP contribution in [0.25, 0.3) is 0 Å². The van der Waals surface area contributed by atoms with Gasteiger partial charge in [0.1, 0.15) is 5.83 Å². The zero-order valence-corrected chi connectivity index (χ0v) is 15.1. The summed E-state index contributed by atoms with van der Waals surface area (Å²) < 4.78 is 12.2. The van der Waals surface area contributed by atoms with Crippen LogP contribution in [0.5, 0.6) is 0 Å². The van der Waals surface area contributed by atoms with Crippen molar-refractivity contribution in [3.63, 3.8) is 0 Å². The van der Waals surface area contributed by atoms with Gasteiger partial charge < -0.3 is 0 Å². The van der Waals surface area contributed by atoms with E-state index in [2.05, 4.69) is 27.0 Å². The van der Waals surface area contributed by atoms with Crippen LogP contribution in [-0.4, -0.2) is 0 Å². The third-order valence-electron chi connectivity index (χ3n) is 1.31. The maximum atomic E-state index is 12.2. The van der Waals surface area contributed by atoms with Crippen LogP contribution in [0, 0.1) is 0 Å². The molecule has 122 valence electrons. The molecule has 0 unspecified atom stereocenters. The van der Waals surface area contributed by atoms with E-state index in [1.54, 1.807) is 19.1 Å². The maximum absolute atomic E-state index is 12.2. The molecule has 0 rings (SSSR count). The highest BCUT2D eigenvalue weighted by atomic mass is 19.1. The molecule has 0 radical (unpaired) electrons. The standard InChI is InChI=1S/C8H10.C7H11F.C3H8.C2H6/c1-3-5-7-8-6-4-2;1-4-7(8)5-6(2)3;1-3-2;1-2/h3-8H,1-2H2;4-5H,1-3H3;3H2,1-2H3;1-2H3/b7-5-,8-6+;7-4+;;. The molecule has 0 bridgehead atoms. The Morgan fingerprint density at radius 2 is 1.24 bits per heavy atom. The molecule has 0 saturated heterocycles. The van der Waals surface area contributed by atoms with Gasteiger partial charge in [-0.1, -0.05) is 95.4 Å². The lowest BCUT2D eigenvalue weighted by atomic mass is 10.3. The highest BCUT2D eigenvalue weighted by Crippen LogP contribution is 2.01. The first kappa shape index (κ1) is 27.7. The summed E-state index contributed by atoms with van der Waals surface area (Å²) in [5.74, 6) is -0.162. The van der Waals surface area contributed by atoms with Gasteiger partial charge in [-0.25, -0.2) is 4.39 Å². The molecule has 0 amide bonds. The molecule has 0 aromatic rings. The second kappa shape index (κ2) is 31.0. The Bertz CT molecular complexity index is 295. The van der Waals surface area contributed by atoms with Crippen molar-refractivity contribution in [2.24, 2.45) is 0 Å². The van der Waals surface area contributed by atoms with Gasteiger partial charge in [0.2, 0.25) is 0 Å². The number of rotatable bonds is 4. The fourth-order valence-corrected chi connectivity index (χ4v) is 0.645. The molecular weight excluding hydrogens is 259 g/mol. The Hall–Kier alpha value is -1.63. The second-order valence-electron chi connectivity index (χ2n) is 3.84. The van der Waals surface area contributed by atoms with Gasteiger partial charge in [0.15, 0.2) is 0 Å². The van der Waals surface area contributed by atoms with Gasteiger partial charge in [-0.2, -0.15) is 0 Å². The van der Waals surface area contributed by atoms with Crippen LogP contribution in [0.3, 0.4) is 0 Å². The van der Waals surface area contributed by atoms with Gasteiger partial charge in [-0.3, -0.25) is 0 Å². The molecule has 21 heavy (non-hydrogen) atoms. The first-order chi connectivity index (χ1) is 9.99. The lowest BCUT2D eigenvalue weighted by Crippen LogP contribution is -1.65. The summed E-state index contributed by atoms with van der Waals surface area (Å²) in [5.41, 5.74) is 0.987. The Morgan fingerprint density at radius 1 is 0.905 bits per heavy atom. The van der Waals surface area contributed by atoms with Crippen molar-refractivity contribution in [2.75, 3.05) is 0 Å². The van der Waals surface area contributed by atoms with Crippen LogP contribution in [-0.2, 0) is 0 Å². The van der Waals surface area contributed by atoms with Crippen LogP contribution in [0.4, 0.5) is 4.39 Å². The predicted molar refractivity (Wildman–Crippen MR) is 100 cm³/mol. The van der Waals surface area contributed by atoms with E-state index >= 15 is 0 Å². The highest BCUT2D eigenvalue weighted by Gasteiger charge is 1.82. The largest absolute Gasteiger partial charge is 0.207 e. The second-order valence-corrected chi connectivity index (χ2v) is 3.84. The monoisotopic (exact) mass is 294 g/mol. The highest BCUT2D eigenvalue weighted by molar-refractivity contribution is 5.14. The molecule has 0 N–H and O–H groups in total. The van der Waals surface area contributed by atoms with Crippen molar-refractivity contribution in [1.82, 2.24) is 0 Å². The molecule has 0 aliphatic rings. The summed E-state index contributed by atoms with van der Waals surface area (Å²) >= 11 is 0. The van der Waals surface area contributed by atoms with Crippen molar-refractivity contribution in [3.8, 4) is 0 Å². The topological polar surface area (TPSA) is 0 Å². The van der Waals surface area contributed by atoms with Crippen molar-refractivity contribution >= 4 is 0 Å². The van der Waals surface area contributed by atoms with Gasteiger partial charge in [0.25, 0.3) is 0 Å². The van der Waals surface area contributed by atoms with E-state index in [0.29, 0.717) is 0 Å². The number of hydrogen-bond donors (Lipinski definition) is 0. The number of allylic oxidation sites excluding steroid dienone is 10. The van der Waals surface area contributed by atoms with E-state index in [9.17, 15) is 4.39 Å². The predicted octanol–water partition coefficient (Wildman–Crippen LogP) is 7.74. The Labute approximate surface area is 133 Å². The fraction of sp³-hybridized carbons (Fsp3) is 0.400. The average Bonchev–Trinajstić information content (AvgIpc) is 2.46. The number of hydrogen-bond acceptors (Lipinski definition) is 0. The van der Waals surface area contributed by atoms with E-state index in [0.717, 1.165) is 5.57 Å². The zero-order valence-electron chi connectivity index (χ0n) is 15.1. The summed E-state index contributed by atoms with van der Waals surface area (Å²) in [4.78, 5) is 0. The van der Waals surface area contributed by atoms with Gasteiger partial charge in [-0.15, -0.1) is 0 Å². The van der Waals surface area contributed by atoms with E-state index < -0.39 is 0 Å². The Kier molecular flexibility index (Phi) is 40.9. The third-order valence-corrected chi connectivity index (χ3v) is 1.31. The van der Waals surface area contributed by atoms with Crippen LogP contribution >= 0.6 is 0 Å². The minimum absolute atomic E-state index is 0.162. The molecule has 0 heterocycles. The molecular formula is C20H35F. The lowest BCUT2D eigenvalue weighted by Gasteiger charge is -1.84. The van der Waals surface area contributed by atoms with Gasteiger partial charge in [-0.05, 0) is 26.8 Å². The number of halogens is 1. The van der Waals surface area contributed by atoms with Crippen LogP contribution in [0.2, 0.25) is 0 Å². The summed E-state index contributed by atoms with van der Waals surface area (Å²) in [6.07, 6.45) is 15.2. The van der Waals surface area contributed by atoms with Crippen molar-refractivity contribution < 1.29 is 4.39 Å². The molecule has 1 heteroatoms. The van der Waals surface area contributed by atoms with Gasteiger partial charge in [0, 0.05) is 0 Å². The fourth-order valence-electron chi connectivity index (χ4n) is 0.645. The Morgan fingerprint density at radius 3 is 1.38 bits per heavy atom. The smallest absolute Gasteiger partial charge is 0.118 e. The third kappa shape index (κ3) is 56.1. The van der Waals surface area contributed by atoms with E-state index in [4.69, 9.17) is 0 Å². The zero-order chi connectivity index (χ0) is 17.5. The molecule has 0 aliphatic heterocycles. The van der Waals surface area contributed by atoms with Crippen molar-refractivity contribution in [2.45, 2.75) is 54.9 Å². The van der Waals surface area contributed by atoms with Crippen LogP contribution in [0.15, 0.2) is 73.2 Å². The van der Waals surface area contributed by atoms with Crippen molar-refractivity contribution in [1.29, 1.82) is 0 Å². The molecule has 0 aromatic carbocycles. The summed E-state index contributed by atoms with van der Waals surface area (Å²) in [7, 11) is 0. The lowest BCUT2D eigenvalue weighted by molar-refractivity contribution is 0.663. The first-order valence-corrected chi connectivity index (χ1v) is 7.53. The molecule has 0 aromatic heterocycles. The molecule has 0 saturated carbocycles. The first-order valence-electron chi connectivity index (χ1n) is 7.53. The van der Waals surface area contributed by atoms with Crippen molar-refractivity contribution in [3.05, 3.63) is 73.2 Å². The van der Waals surface area contributed by atoms with Crippen LogP contribution in [0.1, 0.15) is 54.9 Å². The molecule has 0 nitrogen and oxygen atoms in total. The summed E-state index contributed by atoms with van der Waals surface area (Å²) in [5, 5.41) is 0. The Balaban J connectivity index is -0.000000105. The normalized spacial score (nSPS) is 9.43. The van der Waals surface area contributed by atoms with E-state index in [-0.39, 0.29) is 5.83 Å². The van der Waals surface area contributed by atoms with E-state index in [1.165, 1.54) is 18.6 Å². The molecule has 0 aliphatic carbocycles. The molecule has 0 fully saturated rings. The van der Waals surface area contributed by atoms with Gasteiger partial charge in [0.05, 0.1) is 0 Å². The molecule has 0 spiro atoms. The summed E-state index contributed by atoms with van der Waals surface area (Å²) in [6.45, 7) is 20.7. The minimum atomic E-state index is -0.162.